The summed E-state index contributed by atoms with van der Waals surface area (Å²) in [6.07, 6.45) is 10.3. The molecule has 7 heteroatoms. The Morgan fingerprint density at radius 1 is 1.00 bits per heavy atom. The molecule has 2 aliphatic rings. The summed E-state index contributed by atoms with van der Waals surface area (Å²) in [5.74, 6) is 0.795. The lowest BCUT2D eigenvalue weighted by atomic mass is 10.1. The van der Waals surface area contributed by atoms with E-state index in [9.17, 15) is 0 Å². The van der Waals surface area contributed by atoms with Crippen molar-refractivity contribution in [2.45, 2.75) is 38.6 Å². The topological polar surface area (TPSA) is 51.2 Å². The zero-order valence-electron chi connectivity index (χ0n) is 17.4. The number of hydrogen-bond acceptors (Lipinski definition) is 5. The number of nitrogens with zero attached hydrogens (tertiary/aromatic N) is 6. The Balaban J connectivity index is 1.35. The smallest absolute Gasteiger partial charge is 0.184 e. The molecule has 0 atom stereocenters. The van der Waals surface area contributed by atoms with Crippen LogP contribution in [0.25, 0.3) is 38.2 Å². The Morgan fingerprint density at radius 3 is 2.84 bits per heavy atom. The lowest BCUT2D eigenvalue weighted by molar-refractivity contribution is 0.324. The molecule has 5 aromatic rings. The molecule has 1 saturated heterocycles. The molecular formula is C24H24N6S. The Bertz CT molecular complexity index is 1440. The first kappa shape index (κ1) is 17.9. The molecule has 156 valence electrons. The number of aromatic nitrogens is 5. The first-order valence-electron chi connectivity index (χ1n) is 11.3. The van der Waals surface area contributed by atoms with Crippen LogP contribution >= 0.6 is 11.3 Å². The minimum atomic E-state index is 0.795. The summed E-state index contributed by atoms with van der Waals surface area (Å²) < 4.78 is 4.25. The molecular weight excluding hydrogens is 404 g/mol. The van der Waals surface area contributed by atoms with E-state index >= 15 is 0 Å². The molecule has 5 heterocycles. The van der Waals surface area contributed by atoms with Crippen LogP contribution in [-0.4, -0.2) is 48.7 Å². The van der Waals surface area contributed by atoms with Crippen molar-refractivity contribution in [3.63, 3.8) is 0 Å². The van der Waals surface area contributed by atoms with Gasteiger partial charge in [0.1, 0.15) is 11.2 Å². The molecule has 6 nitrogen and oxygen atoms in total. The van der Waals surface area contributed by atoms with Gasteiger partial charge in [-0.2, -0.15) is 0 Å². The van der Waals surface area contributed by atoms with Gasteiger partial charge in [-0.15, -0.1) is 16.4 Å². The van der Waals surface area contributed by atoms with Gasteiger partial charge in [-0.1, -0.05) is 18.2 Å². The van der Waals surface area contributed by atoms with Crippen molar-refractivity contribution >= 4 is 38.1 Å². The fraction of sp³-hybridized carbons (Fsp3) is 0.375. The fourth-order valence-corrected chi connectivity index (χ4v) is 6.60. The van der Waals surface area contributed by atoms with Crippen molar-refractivity contribution in [1.82, 2.24) is 29.0 Å². The van der Waals surface area contributed by atoms with Gasteiger partial charge in [-0.05, 0) is 56.8 Å². The predicted octanol–water partition coefficient (Wildman–Crippen LogP) is 4.55. The third-order valence-corrected chi connectivity index (χ3v) is 8.13. The molecule has 31 heavy (non-hydrogen) atoms. The van der Waals surface area contributed by atoms with Crippen LogP contribution in [0.4, 0.5) is 0 Å². The minimum Gasteiger partial charge on any atom is -0.345 e. The zero-order chi connectivity index (χ0) is 20.4. The Morgan fingerprint density at radius 2 is 1.90 bits per heavy atom. The average molecular weight is 429 g/mol. The van der Waals surface area contributed by atoms with Crippen LogP contribution < -0.4 is 0 Å². The summed E-state index contributed by atoms with van der Waals surface area (Å²) in [4.78, 5) is 14.9. The van der Waals surface area contributed by atoms with Gasteiger partial charge in [-0.25, -0.2) is 14.5 Å². The van der Waals surface area contributed by atoms with Gasteiger partial charge in [0.05, 0.1) is 5.39 Å². The van der Waals surface area contributed by atoms with Crippen molar-refractivity contribution in [1.29, 1.82) is 0 Å². The van der Waals surface area contributed by atoms with E-state index in [0.717, 1.165) is 41.4 Å². The molecule has 0 radical (unpaired) electrons. The van der Waals surface area contributed by atoms with Crippen LogP contribution in [0.2, 0.25) is 0 Å². The zero-order valence-corrected chi connectivity index (χ0v) is 18.2. The second-order valence-corrected chi connectivity index (χ2v) is 9.87. The fourth-order valence-electron chi connectivity index (χ4n) is 5.37. The molecule has 0 spiro atoms. The van der Waals surface area contributed by atoms with E-state index in [-0.39, 0.29) is 0 Å². The third kappa shape index (κ3) is 2.76. The van der Waals surface area contributed by atoms with E-state index in [1.54, 1.807) is 0 Å². The second kappa shape index (κ2) is 6.87. The number of rotatable bonds is 4. The molecule has 1 aliphatic carbocycles. The number of thiophene rings is 1. The van der Waals surface area contributed by atoms with Crippen molar-refractivity contribution in [2.75, 3.05) is 19.6 Å². The quantitative estimate of drug-likeness (QED) is 0.422. The average Bonchev–Trinajstić information content (AvgIpc) is 3.59. The predicted molar refractivity (Wildman–Crippen MR) is 125 cm³/mol. The van der Waals surface area contributed by atoms with Crippen molar-refractivity contribution < 1.29 is 0 Å². The van der Waals surface area contributed by atoms with Crippen LogP contribution in [0.1, 0.15) is 29.7 Å². The number of fused-ring (bicyclic) bond motifs is 6. The van der Waals surface area contributed by atoms with E-state index < -0.39 is 0 Å². The summed E-state index contributed by atoms with van der Waals surface area (Å²) >= 11 is 1.83. The van der Waals surface area contributed by atoms with Gasteiger partial charge in [0.25, 0.3) is 0 Å². The highest BCUT2D eigenvalue weighted by Crippen LogP contribution is 2.38. The minimum absolute atomic E-state index is 0.795. The molecule has 0 N–H and O–H groups in total. The highest BCUT2D eigenvalue weighted by atomic mass is 32.1. The Hall–Kier alpha value is -2.77. The molecule has 0 unspecified atom stereocenters. The Kier molecular flexibility index (Phi) is 3.96. The number of likely N-dealkylation sites (tertiary alicyclic amines) is 1. The van der Waals surface area contributed by atoms with Gasteiger partial charge in [0.2, 0.25) is 0 Å². The van der Waals surface area contributed by atoms with Crippen LogP contribution in [0.3, 0.4) is 0 Å². The van der Waals surface area contributed by atoms with Gasteiger partial charge >= 0.3 is 0 Å². The Labute approximate surface area is 184 Å². The van der Waals surface area contributed by atoms with Crippen LogP contribution in [0.15, 0.2) is 36.8 Å². The lowest BCUT2D eigenvalue weighted by Crippen LogP contribution is -2.23. The molecule has 7 rings (SSSR count). The molecule has 0 bridgehead atoms. The molecule has 4 aromatic heterocycles. The largest absolute Gasteiger partial charge is 0.345 e. The molecule has 1 aromatic carbocycles. The van der Waals surface area contributed by atoms with E-state index in [2.05, 4.69) is 44.9 Å². The summed E-state index contributed by atoms with van der Waals surface area (Å²) in [6.45, 7) is 4.56. The maximum absolute atomic E-state index is 5.06. The lowest BCUT2D eigenvalue weighted by Gasteiger charge is -2.15. The van der Waals surface area contributed by atoms with Gasteiger partial charge in [-0.3, -0.25) is 0 Å². The van der Waals surface area contributed by atoms with Crippen molar-refractivity contribution in [3.8, 4) is 11.4 Å². The maximum Gasteiger partial charge on any atom is 0.184 e. The van der Waals surface area contributed by atoms with Gasteiger partial charge in [0.15, 0.2) is 11.5 Å². The van der Waals surface area contributed by atoms with Crippen molar-refractivity contribution in [3.05, 3.63) is 47.2 Å². The van der Waals surface area contributed by atoms with Crippen LogP contribution in [0, 0.1) is 0 Å². The maximum atomic E-state index is 5.06. The number of benzene rings is 1. The van der Waals surface area contributed by atoms with E-state index in [4.69, 9.17) is 10.1 Å². The number of hydrogen-bond donors (Lipinski definition) is 0. The normalized spacial score (nSPS) is 16.9. The van der Waals surface area contributed by atoms with Gasteiger partial charge < -0.3 is 9.47 Å². The molecule has 1 fully saturated rings. The SMILES string of the molecule is c1ccc2c(c1)c(-c1nc3c4c5c(sc4ncn3n1)CCC5)cn2CCN1CCCC1. The number of aryl methyl sites for hydroxylation is 2. The molecule has 0 amide bonds. The van der Waals surface area contributed by atoms with E-state index in [0.29, 0.717) is 0 Å². The third-order valence-electron chi connectivity index (χ3n) is 6.93. The summed E-state index contributed by atoms with van der Waals surface area (Å²) in [5, 5.41) is 7.30. The van der Waals surface area contributed by atoms with Crippen LogP contribution in [-0.2, 0) is 19.4 Å². The molecule has 0 saturated carbocycles. The monoisotopic (exact) mass is 428 g/mol. The van der Waals surface area contributed by atoms with E-state index in [1.807, 2.05) is 22.2 Å². The highest BCUT2D eigenvalue weighted by Gasteiger charge is 2.23. The molecule has 1 aliphatic heterocycles. The standard InChI is InChI=1S/C24H24N6S/c1-2-8-19-16(6-1)18(14-29(19)13-12-28-10-3-4-11-28)22-26-23-21-17-7-5-9-20(17)31-24(21)25-15-30(23)27-22/h1-2,6,8,14-15H,3-5,7,9-13H2. The van der Waals surface area contributed by atoms with Crippen molar-refractivity contribution in [2.24, 2.45) is 0 Å². The van der Waals surface area contributed by atoms with Crippen LogP contribution in [0.5, 0.6) is 0 Å². The summed E-state index contributed by atoms with van der Waals surface area (Å²) in [5.41, 5.74) is 4.77. The first-order valence-corrected chi connectivity index (χ1v) is 12.1. The second-order valence-electron chi connectivity index (χ2n) is 8.79. The number of para-hydroxylation sites is 1. The summed E-state index contributed by atoms with van der Waals surface area (Å²) in [6, 6.07) is 8.64. The summed E-state index contributed by atoms with van der Waals surface area (Å²) in [7, 11) is 0. The highest BCUT2D eigenvalue weighted by molar-refractivity contribution is 7.19. The van der Waals surface area contributed by atoms with Gasteiger partial charge in [0, 0.05) is 40.6 Å². The van der Waals surface area contributed by atoms with E-state index in [1.165, 1.54) is 65.5 Å². The first-order chi connectivity index (χ1) is 15.3.